The number of nitrogens with zero attached hydrogens (tertiary/aromatic N) is 1. The minimum Gasteiger partial charge on any atom is -0.376 e. The molecular formula is C12H15FN2O2S. The summed E-state index contributed by atoms with van der Waals surface area (Å²) in [5.41, 5.74) is 0.217. The van der Waals surface area contributed by atoms with Gasteiger partial charge in [0.05, 0.1) is 4.92 Å². The number of hydrogen-bond acceptors (Lipinski definition) is 4. The molecule has 2 rings (SSSR count). The summed E-state index contributed by atoms with van der Waals surface area (Å²) in [6, 6.07) is 3.71. The van der Waals surface area contributed by atoms with Crippen molar-refractivity contribution >= 4 is 23.1 Å². The van der Waals surface area contributed by atoms with Crippen molar-refractivity contribution in [3.63, 3.8) is 0 Å². The maximum atomic E-state index is 13.2. The van der Waals surface area contributed by atoms with Gasteiger partial charge in [0.25, 0.3) is 5.69 Å². The molecule has 1 aliphatic rings. The second-order valence-corrected chi connectivity index (χ2v) is 5.45. The van der Waals surface area contributed by atoms with Crippen molar-refractivity contribution in [2.75, 3.05) is 11.6 Å². The number of rotatable bonds is 4. The van der Waals surface area contributed by atoms with Crippen LogP contribution in [-0.4, -0.2) is 22.5 Å². The fraction of sp³-hybridized carbons (Fsp3) is 0.500. The molecule has 1 fully saturated rings. The molecule has 0 saturated heterocycles. The van der Waals surface area contributed by atoms with Crippen molar-refractivity contribution in [3.8, 4) is 0 Å². The van der Waals surface area contributed by atoms with E-state index in [0.29, 0.717) is 5.25 Å². The highest BCUT2D eigenvalue weighted by atomic mass is 32.2. The largest absolute Gasteiger partial charge is 0.376 e. The second kappa shape index (κ2) is 5.56. The van der Waals surface area contributed by atoms with E-state index in [-0.39, 0.29) is 17.4 Å². The molecule has 4 nitrogen and oxygen atoms in total. The van der Waals surface area contributed by atoms with Gasteiger partial charge in [0.15, 0.2) is 0 Å². The Bertz CT molecular complexity index is 456. The van der Waals surface area contributed by atoms with Crippen LogP contribution in [0.15, 0.2) is 18.2 Å². The Morgan fingerprint density at radius 1 is 1.50 bits per heavy atom. The molecule has 0 aromatic heterocycles. The quantitative estimate of drug-likeness (QED) is 0.672. The maximum Gasteiger partial charge on any atom is 0.292 e. The highest BCUT2D eigenvalue weighted by Gasteiger charge is 2.28. The Labute approximate surface area is 109 Å². The summed E-state index contributed by atoms with van der Waals surface area (Å²) in [4.78, 5) is 10.4. The van der Waals surface area contributed by atoms with Crippen LogP contribution in [0, 0.1) is 15.9 Å². The lowest BCUT2D eigenvalue weighted by Gasteiger charge is -2.20. The molecule has 1 aromatic rings. The van der Waals surface area contributed by atoms with Crippen LogP contribution in [0.25, 0.3) is 0 Å². The lowest BCUT2D eigenvalue weighted by Crippen LogP contribution is -2.26. The van der Waals surface area contributed by atoms with Gasteiger partial charge in [0.1, 0.15) is 11.5 Å². The van der Waals surface area contributed by atoms with Crippen molar-refractivity contribution in [1.29, 1.82) is 0 Å². The van der Waals surface area contributed by atoms with Gasteiger partial charge in [0.2, 0.25) is 0 Å². The highest BCUT2D eigenvalue weighted by molar-refractivity contribution is 7.99. The van der Waals surface area contributed by atoms with Gasteiger partial charge < -0.3 is 5.32 Å². The third kappa shape index (κ3) is 2.75. The number of thioether (sulfide) groups is 1. The first-order chi connectivity index (χ1) is 8.61. The second-order valence-electron chi connectivity index (χ2n) is 4.37. The lowest BCUT2D eigenvalue weighted by atomic mass is 10.2. The topological polar surface area (TPSA) is 55.2 Å². The molecule has 0 amide bonds. The zero-order chi connectivity index (χ0) is 13.1. The third-order valence-electron chi connectivity index (χ3n) is 3.25. The van der Waals surface area contributed by atoms with Crippen LogP contribution in [0.1, 0.15) is 19.3 Å². The third-order valence-corrected chi connectivity index (χ3v) is 4.42. The van der Waals surface area contributed by atoms with Gasteiger partial charge in [-0.1, -0.05) is 6.42 Å². The molecule has 0 spiro atoms. The standard InChI is InChI=1S/C12H15FN2O2S/c1-18-12-4-2-3-9(12)14-10-7-8(13)5-6-11(10)15(16)17/h5-7,9,12,14H,2-4H2,1H3. The number of anilines is 1. The molecule has 98 valence electrons. The summed E-state index contributed by atoms with van der Waals surface area (Å²) < 4.78 is 13.2. The molecule has 0 aliphatic heterocycles. The Hall–Kier alpha value is -1.30. The Morgan fingerprint density at radius 2 is 2.28 bits per heavy atom. The molecule has 0 heterocycles. The average Bonchev–Trinajstić information content (AvgIpc) is 2.76. The average molecular weight is 270 g/mol. The summed E-state index contributed by atoms with van der Waals surface area (Å²) >= 11 is 1.75. The fourth-order valence-electron chi connectivity index (χ4n) is 2.36. The van der Waals surface area contributed by atoms with Crippen molar-refractivity contribution in [2.24, 2.45) is 0 Å². The van der Waals surface area contributed by atoms with Crippen LogP contribution in [0.3, 0.4) is 0 Å². The number of nitrogens with one attached hydrogen (secondary N) is 1. The highest BCUT2D eigenvalue weighted by Crippen LogP contribution is 2.33. The Kier molecular flexibility index (Phi) is 4.06. The molecule has 0 bridgehead atoms. The first-order valence-electron chi connectivity index (χ1n) is 5.85. The van der Waals surface area contributed by atoms with Crippen LogP contribution in [0.2, 0.25) is 0 Å². The van der Waals surface area contributed by atoms with E-state index in [0.717, 1.165) is 25.3 Å². The summed E-state index contributed by atoms with van der Waals surface area (Å²) in [6.07, 6.45) is 5.21. The summed E-state index contributed by atoms with van der Waals surface area (Å²) in [5.74, 6) is -0.457. The SMILES string of the molecule is CSC1CCCC1Nc1cc(F)ccc1[N+](=O)[O-]. The van der Waals surface area contributed by atoms with E-state index in [4.69, 9.17) is 0 Å². The van der Waals surface area contributed by atoms with Crippen molar-refractivity contribution < 1.29 is 9.31 Å². The number of nitro benzene ring substituents is 1. The molecule has 0 radical (unpaired) electrons. The predicted octanol–water partition coefficient (Wildman–Crippen LogP) is 3.43. The zero-order valence-electron chi connectivity index (χ0n) is 10.1. The zero-order valence-corrected chi connectivity index (χ0v) is 10.9. The van der Waals surface area contributed by atoms with Crippen LogP contribution in [0.5, 0.6) is 0 Å². The first-order valence-corrected chi connectivity index (χ1v) is 7.14. The molecule has 1 saturated carbocycles. The van der Waals surface area contributed by atoms with Gasteiger partial charge >= 0.3 is 0 Å². The molecule has 1 aromatic carbocycles. The number of halogens is 1. The molecule has 2 unspecified atom stereocenters. The van der Waals surface area contributed by atoms with Gasteiger partial charge in [-0.05, 0) is 25.2 Å². The normalized spacial score (nSPS) is 23.0. The van der Waals surface area contributed by atoms with Gasteiger partial charge in [-0.2, -0.15) is 11.8 Å². The fourth-order valence-corrected chi connectivity index (χ4v) is 3.29. The van der Waals surface area contributed by atoms with Crippen LogP contribution in [0.4, 0.5) is 15.8 Å². The summed E-state index contributed by atoms with van der Waals surface area (Å²) in [5, 5.41) is 14.5. The van der Waals surface area contributed by atoms with Crippen LogP contribution < -0.4 is 5.32 Å². The van der Waals surface area contributed by atoms with Gasteiger partial charge in [-0.15, -0.1) is 0 Å². The molecule has 6 heteroatoms. The van der Waals surface area contributed by atoms with Crippen molar-refractivity contribution in [1.82, 2.24) is 0 Å². The Balaban J connectivity index is 2.22. The van der Waals surface area contributed by atoms with E-state index in [1.807, 2.05) is 6.26 Å². The van der Waals surface area contributed by atoms with E-state index >= 15 is 0 Å². The minimum atomic E-state index is -0.481. The summed E-state index contributed by atoms with van der Waals surface area (Å²) in [7, 11) is 0. The van der Waals surface area contributed by atoms with Gasteiger partial charge in [-0.3, -0.25) is 10.1 Å². The van der Waals surface area contributed by atoms with Gasteiger partial charge in [-0.25, -0.2) is 4.39 Å². The maximum absolute atomic E-state index is 13.2. The van der Waals surface area contributed by atoms with E-state index < -0.39 is 10.7 Å². The lowest BCUT2D eigenvalue weighted by molar-refractivity contribution is -0.384. The molecule has 1 aliphatic carbocycles. The van der Waals surface area contributed by atoms with E-state index in [9.17, 15) is 14.5 Å². The van der Waals surface area contributed by atoms with E-state index in [1.54, 1.807) is 11.8 Å². The van der Waals surface area contributed by atoms with E-state index in [2.05, 4.69) is 5.32 Å². The van der Waals surface area contributed by atoms with Gasteiger partial charge in [0, 0.05) is 23.4 Å². The minimum absolute atomic E-state index is 0.0665. The first kappa shape index (κ1) is 13.1. The molecule has 1 N–H and O–H groups in total. The molecule has 2 atom stereocenters. The Morgan fingerprint density at radius 3 is 2.94 bits per heavy atom. The molecular weight excluding hydrogens is 255 g/mol. The predicted molar refractivity (Wildman–Crippen MR) is 71.6 cm³/mol. The monoisotopic (exact) mass is 270 g/mol. The van der Waals surface area contributed by atoms with E-state index in [1.165, 1.54) is 12.1 Å². The molecule has 18 heavy (non-hydrogen) atoms. The number of nitro groups is 1. The van der Waals surface area contributed by atoms with Crippen molar-refractivity contribution in [2.45, 2.75) is 30.6 Å². The number of hydrogen-bond donors (Lipinski definition) is 1. The van der Waals surface area contributed by atoms with Crippen LogP contribution >= 0.6 is 11.8 Å². The summed E-state index contributed by atoms with van der Waals surface area (Å²) in [6.45, 7) is 0. The number of benzene rings is 1. The van der Waals surface area contributed by atoms with Crippen molar-refractivity contribution in [3.05, 3.63) is 34.1 Å². The van der Waals surface area contributed by atoms with Crippen LogP contribution in [-0.2, 0) is 0 Å². The smallest absolute Gasteiger partial charge is 0.292 e.